The van der Waals surface area contributed by atoms with Crippen molar-refractivity contribution in [2.24, 2.45) is 0 Å². The zero-order valence-electron chi connectivity index (χ0n) is 9.43. The van der Waals surface area contributed by atoms with Crippen molar-refractivity contribution in [3.8, 4) is 5.75 Å². The van der Waals surface area contributed by atoms with Gasteiger partial charge in [0.1, 0.15) is 5.75 Å². The first kappa shape index (κ1) is 12.4. The summed E-state index contributed by atoms with van der Waals surface area (Å²) in [6.07, 6.45) is -0.263. The summed E-state index contributed by atoms with van der Waals surface area (Å²) in [5.41, 5.74) is 1.23. The largest absolute Gasteiger partial charge is 0.497 e. The van der Waals surface area contributed by atoms with Gasteiger partial charge in [0.2, 0.25) is 0 Å². The number of thioether (sulfide) groups is 1. The van der Waals surface area contributed by atoms with E-state index in [2.05, 4.69) is 6.07 Å². The van der Waals surface area contributed by atoms with Crippen molar-refractivity contribution in [1.82, 2.24) is 0 Å². The van der Waals surface area contributed by atoms with E-state index in [0.717, 1.165) is 11.5 Å². The number of methoxy groups -OCH3 is 1. The molecule has 3 heteroatoms. The second kappa shape index (κ2) is 6.03. The fraction of sp³-hybridized carbons (Fsp3) is 0.500. The predicted molar refractivity (Wildman–Crippen MR) is 65.4 cm³/mol. The van der Waals surface area contributed by atoms with Gasteiger partial charge in [-0.05, 0) is 24.6 Å². The molecule has 1 rings (SSSR count). The maximum Gasteiger partial charge on any atom is 0.119 e. The number of ether oxygens (including phenoxy) is 1. The van der Waals surface area contributed by atoms with Gasteiger partial charge < -0.3 is 9.84 Å². The summed E-state index contributed by atoms with van der Waals surface area (Å²) in [7, 11) is 1.67. The van der Waals surface area contributed by atoms with Gasteiger partial charge in [-0.1, -0.05) is 19.1 Å². The van der Waals surface area contributed by atoms with Crippen LogP contribution in [0, 0.1) is 0 Å². The Labute approximate surface area is 95.7 Å². The quantitative estimate of drug-likeness (QED) is 0.837. The van der Waals surface area contributed by atoms with Gasteiger partial charge in [-0.15, -0.1) is 0 Å². The van der Waals surface area contributed by atoms with E-state index in [1.54, 1.807) is 18.9 Å². The highest BCUT2D eigenvalue weighted by atomic mass is 32.2. The minimum Gasteiger partial charge on any atom is -0.497 e. The number of hydrogen-bond acceptors (Lipinski definition) is 3. The first-order valence-corrected chi connectivity index (χ1v) is 6.11. The molecule has 0 amide bonds. The summed E-state index contributed by atoms with van der Waals surface area (Å²) in [4.78, 5) is 0. The van der Waals surface area contributed by atoms with Gasteiger partial charge in [0.15, 0.2) is 0 Å². The number of aliphatic hydroxyl groups is 1. The van der Waals surface area contributed by atoms with Crippen LogP contribution in [0.5, 0.6) is 5.75 Å². The molecular weight excluding hydrogens is 208 g/mol. The van der Waals surface area contributed by atoms with Crippen molar-refractivity contribution in [3.05, 3.63) is 29.8 Å². The van der Waals surface area contributed by atoms with E-state index in [-0.39, 0.29) is 11.4 Å². The summed E-state index contributed by atoms with van der Waals surface area (Å²) in [6, 6.07) is 8.03. The smallest absolute Gasteiger partial charge is 0.119 e. The van der Waals surface area contributed by atoms with Crippen LogP contribution in [0.2, 0.25) is 0 Å². The van der Waals surface area contributed by atoms with Crippen LogP contribution in [0.25, 0.3) is 0 Å². The van der Waals surface area contributed by atoms with Crippen LogP contribution in [-0.4, -0.2) is 23.6 Å². The molecule has 15 heavy (non-hydrogen) atoms. The SMILES string of the molecule is COc1cccc(CS[C@H](C)[C@H](C)O)c1. The molecule has 0 aliphatic carbocycles. The van der Waals surface area contributed by atoms with Crippen molar-refractivity contribution in [3.63, 3.8) is 0 Å². The topological polar surface area (TPSA) is 29.5 Å². The zero-order valence-corrected chi connectivity index (χ0v) is 10.3. The zero-order chi connectivity index (χ0) is 11.3. The molecule has 0 fully saturated rings. The van der Waals surface area contributed by atoms with Crippen molar-refractivity contribution in [2.75, 3.05) is 7.11 Å². The molecule has 1 aromatic carbocycles. The Morgan fingerprint density at radius 2 is 2.13 bits per heavy atom. The Bertz CT molecular complexity index is 299. The van der Waals surface area contributed by atoms with E-state index in [1.807, 2.05) is 32.0 Å². The maximum atomic E-state index is 9.35. The molecule has 0 aromatic heterocycles. The van der Waals surface area contributed by atoms with Gasteiger partial charge in [-0.3, -0.25) is 0 Å². The molecule has 0 spiro atoms. The van der Waals surface area contributed by atoms with E-state index in [4.69, 9.17) is 4.74 Å². The molecule has 84 valence electrons. The molecule has 0 aliphatic rings. The molecule has 0 saturated heterocycles. The highest BCUT2D eigenvalue weighted by molar-refractivity contribution is 7.99. The minimum atomic E-state index is -0.263. The summed E-state index contributed by atoms with van der Waals surface area (Å²) < 4.78 is 5.15. The Morgan fingerprint density at radius 1 is 1.40 bits per heavy atom. The average molecular weight is 226 g/mol. The maximum absolute atomic E-state index is 9.35. The van der Waals surface area contributed by atoms with Crippen molar-refractivity contribution >= 4 is 11.8 Å². The lowest BCUT2D eigenvalue weighted by atomic mass is 10.2. The minimum absolute atomic E-state index is 0.260. The van der Waals surface area contributed by atoms with Crippen LogP contribution in [0.4, 0.5) is 0 Å². The van der Waals surface area contributed by atoms with Gasteiger partial charge in [0.25, 0.3) is 0 Å². The molecule has 2 atom stereocenters. The van der Waals surface area contributed by atoms with Crippen molar-refractivity contribution < 1.29 is 9.84 Å². The highest BCUT2D eigenvalue weighted by Crippen LogP contribution is 2.22. The third-order valence-corrected chi connectivity index (χ3v) is 3.75. The molecule has 0 saturated carbocycles. The molecule has 0 unspecified atom stereocenters. The standard InChI is InChI=1S/C12H18O2S/c1-9(13)10(2)15-8-11-5-4-6-12(7-11)14-3/h4-7,9-10,13H,8H2,1-3H3/t9-,10+/m0/s1. The van der Waals surface area contributed by atoms with E-state index >= 15 is 0 Å². The van der Waals surface area contributed by atoms with Gasteiger partial charge in [-0.2, -0.15) is 11.8 Å². The summed E-state index contributed by atoms with van der Waals surface area (Å²) in [6.45, 7) is 3.86. The molecule has 2 nitrogen and oxygen atoms in total. The molecule has 0 aliphatic heterocycles. The number of hydrogen-bond donors (Lipinski definition) is 1. The Hall–Kier alpha value is -0.670. The van der Waals surface area contributed by atoms with Gasteiger partial charge >= 0.3 is 0 Å². The van der Waals surface area contributed by atoms with Crippen LogP contribution >= 0.6 is 11.8 Å². The van der Waals surface area contributed by atoms with E-state index in [0.29, 0.717) is 0 Å². The van der Waals surface area contributed by atoms with E-state index in [1.165, 1.54) is 5.56 Å². The summed E-state index contributed by atoms with van der Waals surface area (Å²) >= 11 is 1.75. The Morgan fingerprint density at radius 3 is 2.73 bits per heavy atom. The Kier molecular flexibility index (Phi) is 4.99. The second-order valence-electron chi connectivity index (χ2n) is 3.61. The molecule has 1 aromatic rings. The fourth-order valence-electron chi connectivity index (χ4n) is 1.13. The van der Waals surface area contributed by atoms with Crippen LogP contribution in [-0.2, 0) is 5.75 Å². The highest BCUT2D eigenvalue weighted by Gasteiger charge is 2.09. The number of benzene rings is 1. The van der Waals surface area contributed by atoms with Gasteiger partial charge in [-0.25, -0.2) is 0 Å². The number of rotatable bonds is 5. The van der Waals surface area contributed by atoms with Crippen molar-refractivity contribution in [2.45, 2.75) is 31.0 Å². The Balaban J connectivity index is 2.50. The fourth-order valence-corrected chi connectivity index (χ4v) is 2.04. The van der Waals surface area contributed by atoms with Crippen LogP contribution in [0.15, 0.2) is 24.3 Å². The van der Waals surface area contributed by atoms with Gasteiger partial charge in [0, 0.05) is 11.0 Å². The molecule has 0 heterocycles. The van der Waals surface area contributed by atoms with Gasteiger partial charge in [0.05, 0.1) is 13.2 Å². The first-order valence-electron chi connectivity index (χ1n) is 5.06. The van der Waals surface area contributed by atoms with E-state index in [9.17, 15) is 5.11 Å². The molecule has 1 N–H and O–H groups in total. The lowest BCUT2D eigenvalue weighted by Crippen LogP contribution is -2.15. The van der Waals surface area contributed by atoms with Crippen LogP contribution < -0.4 is 4.74 Å². The monoisotopic (exact) mass is 226 g/mol. The molecule has 0 bridgehead atoms. The van der Waals surface area contributed by atoms with Crippen molar-refractivity contribution in [1.29, 1.82) is 0 Å². The third-order valence-electron chi connectivity index (χ3n) is 2.33. The second-order valence-corrected chi connectivity index (χ2v) is 4.97. The van der Waals surface area contributed by atoms with E-state index < -0.39 is 0 Å². The number of aliphatic hydroxyl groups excluding tert-OH is 1. The summed E-state index contributed by atoms with van der Waals surface area (Å²) in [5, 5.41) is 9.61. The van der Waals surface area contributed by atoms with Crippen LogP contribution in [0.1, 0.15) is 19.4 Å². The van der Waals surface area contributed by atoms with Crippen LogP contribution in [0.3, 0.4) is 0 Å². The lowest BCUT2D eigenvalue weighted by molar-refractivity contribution is 0.196. The molecular formula is C12H18O2S. The predicted octanol–water partition coefficient (Wildman–Crippen LogP) is 2.70. The normalized spacial score (nSPS) is 14.7. The summed E-state index contributed by atoms with van der Waals surface area (Å²) in [5.74, 6) is 1.79. The average Bonchev–Trinajstić information content (AvgIpc) is 2.26. The lowest BCUT2D eigenvalue weighted by Gasteiger charge is -2.14. The third kappa shape index (κ3) is 4.14. The first-order chi connectivity index (χ1) is 7.13. The molecule has 0 radical (unpaired) electrons.